The Balaban J connectivity index is 2.27. The van der Waals surface area contributed by atoms with Crippen LogP contribution in [0.1, 0.15) is 44.3 Å². The zero-order valence-electron chi connectivity index (χ0n) is 12.3. The van der Waals surface area contributed by atoms with E-state index in [1.165, 1.54) is 12.3 Å². The Hall–Kier alpha value is -1.76. The number of esters is 1. The first-order valence-electron chi connectivity index (χ1n) is 6.93. The summed E-state index contributed by atoms with van der Waals surface area (Å²) in [5, 5.41) is 0. The lowest BCUT2D eigenvalue weighted by molar-refractivity contribution is -0.147. The van der Waals surface area contributed by atoms with Gasteiger partial charge in [0.15, 0.2) is 0 Å². The van der Waals surface area contributed by atoms with E-state index < -0.39 is 5.69 Å². The monoisotopic (exact) mass is 312 g/mol. The van der Waals surface area contributed by atoms with Crippen LogP contribution in [-0.2, 0) is 9.53 Å². The average molecular weight is 312 g/mol. The van der Waals surface area contributed by atoms with Crippen LogP contribution in [0.4, 0.5) is 0 Å². The number of carbonyl (C=O) groups excluding carboxylic acids is 2. The molecule has 0 aliphatic carbocycles. The standard InChI is InChI=1S/C14H20N2O4S/c1-10(2)13(18)20-9-5-3-4-6-12(17)16-8-7-11(21)15-14(16)19/h7-8,10H,3-6,9H2,1-2H3,(H,15,19,21). The molecule has 0 aliphatic rings. The maximum Gasteiger partial charge on any atom is 0.333 e. The topological polar surface area (TPSA) is 81.2 Å². The van der Waals surface area contributed by atoms with Crippen molar-refractivity contribution in [2.75, 3.05) is 6.61 Å². The molecule has 0 spiro atoms. The number of hydrogen-bond donors (Lipinski definition) is 1. The van der Waals surface area contributed by atoms with Gasteiger partial charge in [0, 0.05) is 12.6 Å². The Morgan fingerprint density at radius 2 is 2.05 bits per heavy atom. The zero-order chi connectivity index (χ0) is 15.8. The second kappa shape index (κ2) is 8.51. The van der Waals surface area contributed by atoms with Crippen LogP contribution >= 0.6 is 12.2 Å². The fourth-order valence-corrected chi connectivity index (χ4v) is 1.78. The molecule has 0 aromatic carbocycles. The number of hydrogen-bond acceptors (Lipinski definition) is 5. The summed E-state index contributed by atoms with van der Waals surface area (Å²) in [4.78, 5) is 37.0. The highest BCUT2D eigenvalue weighted by Gasteiger charge is 2.08. The molecule has 7 heteroatoms. The molecule has 0 bridgehead atoms. The summed E-state index contributed by atoms with van der Waals surface area (Å²) >= 11 is 4.80. The van der Waals surface area contributed by atoms with Crippen LogP contribution in [-0.4, -0.2) is 28.0 Å². The van der Waals surface area contributed by atoms with Crippen molar-refractivity contribution in [3.63, 3.8) is 0 Å². The Bertz CT molecular complexity index is 603. The van der Waals surface area contributed by atoms with Gasteiger partial charge in [-0.25, -0.2) is 9.36 Å². The van der Waals surface area contributed by atoms with Crippen molar-refractivity contribution in [3.05, 3.63) is 27.4 Å². The number of nitrogens with zero attached hydrogens (tertiary/aromatic N) is 1. The van der Waals surface area contributed by atoms with Crippen molar-refractivity contribution >= 4 is 24.1 Å². The second-order valence-electron chi connectivity index (χ2n) is 5.01. The first-order chi connectivity index (χ1) is 9.91. The van der Waals surface area contributed by atoms with Crippen LogP contribution in [0.5, 0.6) is 0 Å². The average Bonchev–Trinajstić information content (AvgIpc) is 2.41. The molecule has 1 rings (SSSR count). The fourth-order valence-electron chi connectivity index (χ4n) is 1.63. The molecule has 0 atom stereocenters. The predicted octanol–water partition coefficient (Wildman–Crippen LogP) is 2.31. The van der Waals surface area contributed by atoms with Crippen molar-refractivity contribution in [1.29, 1.82) is 0 Å². The molecule has 0 unspecified atom stereocenters. The van der Waals surface area contributed by atoms with E-state index in [0.717, 1.165) is 11.0 Å². The largest absolute Gasteiger partial charge is 0.465 e. The summed E-state index contributed by atoms with van der Waals surface area (Å²) in [5.41, 5.74) is -0.515. The minimum absolute atomic E-state index is 0.123. The minimum Gasteiger partial charge on any atom is -0.465 e. The molecular formula is C14H20N2O4S. The number of ether oxygens (including phenoxy) is 1. The molecule has 0 saturated heterocycles. The van der Waals surface area contributed by atoms with Gasteiger partial charge in [0.1, 0.15) is 4.64 Å². The molecule has 0 aliphatic heterocycles. The van der Waals surface area contributed by atoms with E-state index in [-0.39, 0.29) is 24.2 Å². The van der Waals surface area contributed by atoms with Crippen molar-refractivity contribution in [1.82, 2.24) is 9.55 Å². The summed E-state index contributed by atoms with van der Waals surface area (Å²) < 4.78 is 6.36. The third kappa shape index (κ3) is 6.03. The normalized spacial score (nSPS) is 10.6. The Kier molecular flexibility index (Phi) is 7.01. The van der Waals surface area contributed by atoms with Crippen LogP contribution in [0.25, 0.3) is 0 Å². The third-order valence-corrected chi connectivity index (χ3v) is 3.08. The summed E-state index contributed by atoms with van der Waals surface area (Å²) in [6.45, 7) is 3.93. The van der Waals surface area contributed by atoms with Gasteiger partial charge in [0.2, 0.25) is 5.91 Å². The Morgan fingerprint density at radius 1 is 1.33 bits per heavy atom. The number of unbranched alkanes of at least 4 members (excludes halogenated alkanes) is 2. The molecule has 1 N–H and O–H groups in total. The van der Waals surface area contributed by atoms with Gasteiger partial charge in [-0.15, -0.1) is 0 Å². The van der Waals surface area contributed by atoms with Gasteiger partial charge in [-0.2, -0.15) is 0 Å². The van der Waals surface area contributed by atoms with Gasteiger partial charge in [0.05, 0.1) is 12.5 Å². The van der Waals surface area contributed by atoms with Crippen molar-refractivity contribution in [2.45, 2.75) is 39.5 Å². The first kappa shape index (κ1) is 17.3. The molecule has 0 radical (unpaired) electrons. The van der Waals surface area contributed by atoms with Crippen LogP contribution in [0.2, 0.25) is 0 Å². The minimum atomic E-state index is -0.515. The quantitative estimate of drug-likeness (QED) is 0.475. The van der Waals surface area contributed by atoms with E-state index >= 15 is 0 Å². The Morgan fingerprint density at radius 3 is 2.67 bits per heavy atom. The van der Waals surface area contributed by atoms with E-state index in [1.54, 1.807) is 13.8 Å². The molecule has 0 amide bonds. The predicted molar refractivity (Wildman–Crippen MR) is 80.8 cm³/mol. The molecule has 0 saturated carbocycles. The highest BCUT2D eigenvalue weighted by atomic mass is 32.1. The SMILES string of the molecule is CC(C)C(=O)OCCCCCC(=O)n1ccc(=S)[nH]c1=O. The zero-order valence-corrected chi connectivity index (χ0v) is 13.1. The second-order valence-corrected chi connectivity index (χ2v) is 5.45. The van der Waals surface area contributed by atoms with Crippen LogP contribution in [0.15, 0.2) is 17.1 Å². The van der Waals surface area contributed by atoms with Crippen molar-refractivity contribution in [2.24, 2.45) is 5.92 Å². The number of aromatic amines is 1. The summed E-state index contributed by atoms with van der Waals surface area (Å²) in [6.07, 6.45) is 3.75. The lowest BCUT2D eigenvalue weighted by Gasteiger charge is -2.07. The first-order valence-corrected chi connectivity index (χ1v) is 7.34. The highest BCUT2D eigenvalue weighted by molar-refractivity contribution is 7.71. The van der Waals surface area contributed by atoms with Gasteiger partial charge in [0.25, 0.3) is 0 Å². The molecule has 1 heterocycles. The Labute approximate surface area is 128 Å². The third-order valence-electron chi connectivity index (χ3n) is 2.84. The van der Waals surface area contributed by atoms with Gasteiger partial charge in [-0.1, -0.05) is 26.1 Å². The van der Waals surface area contributed by atoms with Crippen molar-refractivity contribution < 1.29 is 14.3 Å². The number of aromatic nitrogens is 2. The molecule has 6 nitrogen and oxygen atoms in total. The van der Waals surface area contributed by atoms with Crippen LogP contribution in [0.3, 0.4) is 0 Å². The van der Waals surface area contributed by atoms with Crippen molar-refractivity contribution in [3.8, 4) is 0 Å². The molecule has 1 aromatic heterocycles. The maximum atomic E-state index is 11.8. The fraction of sp³-hybridized carbons (Fsp3) is 0.571. The highest BCUT2D eigenvalue weighted by Crippen LogP contribution is 2.03. The molecule has 1 aromatic rings. The lowest BCUT2D eigenvalue weighted by Crippen LogP contribution is -2.28. The summed E-state index contributed by atoms with van der Waals surface area (Å²) in [5.74, 6) is -0.607. The van der Waals surface area contributed by atoms with E-state index in [1.807, 2.05) is 0 Å². The number of carbonyl (C=O) groups is 2. The van der Waals surface area contributed by atoms with E-state index in [4.69, 9.17) is 17.0 Å². The number of nitrogens with one attached hydrogen (secondary N) is 1. The van der Waals surface area contributed by atoms with Gasteiger partial charge in [-0.05, 0) is 25.3 Å². The maximum absolute atomic E-state index is 11.8. The van der Waals surface area contributed by atoms with E-state index in [9.17, 15) is 14.4 Å². The van der Waals surface area contributed by atoms with Crippen LogP contribution in [0, 0.1) is 10.6 Å². The molecule has 21 heavy (non-hydrogen) atoms. The number of rotatable bonds is 7. The van der Waals surface area contributed by atoms with E-state index in [2.05, 4.69) is 4.98 Å². The number of H-pyrrole nitrogens is 1. The smallest absolute Gasteiger partial charge is 0.333 e. The summed E-state index contributed by atoms with van der Waals surface area (Å²) in [7, 11) is 0. The molecule has 116 valence electrons. The molecule has 0 fully saturated rings. The molecular weight excluding hydrogens is 292 g/mol. The summed E-state index contributed by atoms with van der Waals surface area (Å²) in [6, 6.07) is 1.50. The van der Waals surface area contributed by atoms with E-state index in [0.29, 0.717) is 24.1 Å². The van der Waals surface area contributed by atoms with Gasteiger partial charge < -0.3 is 4.74 Å². The lowest BCUT2D eigenvalue weighted by atomic mass is 10.2. The van der Waals surface area contributed by atoms with Crippen LogP contribution < -0.4 is 5.69 Å². The van der Waals surface area contributed by atoms with Gasteiger partial charge in [-0.3, -0.25) is 14.6 Å². The van der Waals surface area contributed by atoms with Gasteiger partial charge >= 0.3 is 11.7 Å².